The third-order valence-corrected chi connectivity index (χ3v) is 0.175. The van der Waals surface area contributed by atoms with Crippen molar-refractivity contribution < 1.29 is 104 Å². The molecule has 2 N–H and O–H groups in total. The molecule has 0 radical (unpaired) electrons. The minimum atomic E-state index is -2.86. The van der Waals surface area contributed by atoms with Gasteiger partial charge < -0.3 is 14.2 Å². The summed E-state index contributed by atoms with van der Waals surface area (Å²) in [5, 5.41) is 7.60. The normalized spacial score (nSPS) is 8.55. The van der Waals surface area contributed by atoms with E-state index >= 15 is 0 Å². The molecule has 0 saturated carbocycles. The first kappa shape index (κ1) is 23.1. The molecule has 0 aliphatic rings. The summed E-state index contributed by atoms with van der Waals surface area (Å²) in [7, 11) is 0. The second-order valence-electron chi connectivity index (χ2n) is 0.759. The van der Waals surface area contributed by atoms with E-state index in [1.807, 2.05) is 0 Å². The van der Waals surface area contributed by atoms with Crippen molar-refractivity contribution in [3.8, 4) is 0 Å². The van der Waals surface area contributed by atoms with Gasteiger partial charge in [-0.25, -0.2) is 9.00 Å². The number of hydrogen-bond donors (Lipinski definition) is 2. The molecule has 1 atom stereocenters. The van der Waals surface area contributed by atoms with Crippen molar-refractivity contribution in [1.29, 1.82) is 0 Å². The maximum atomic E-state index is 9.25. The van der Waals surface area contributed by atoms with Crippen LogP contribution in [0.1, 0.15) is 0 Å². The van der Waals surface area contributed by atoms with Gasteiger partial charge in [0.25, 0.3) is 0 Å². The molecule has 0 heterocycles. The number of carboxylic acids is 1. The predicted octanol–water partition coefficient (Wildman–Crippen LogP) is -6.40. The molecule has 0 aromatic heterocycles. The van der Waals surface area contributed by atoms with E-state index < -0.39 is 17.3 Å². The summed E-state index contributed by atoms with van der Waals surface area (Å²) in [6.07, 6.45) is 0.833. The predicted molar refractivity (Wildman–Crippen MR) is 29.4 cm³/mol. The zero-order valence-electron chi connectivity index (χ0n) is 6.31. The van der Waals surface area contributed by atoms with E-state index in [2.05, 4.69) is 6.58 Å². The van der Waals surface area contributed by atoms with Gasteiger partial charge in [0.15, 0.2) is 0 Å². The molecule has 0 aliphatic heterocycles. The standard InChI is InChI=1S/C3H4O2.K.Na.H2O3S/c1-2-3(4)5;;;1-4(2)3/h2H,1H2,(H,4,5);;;(H2,1,2,3)/q;2*+1;/p-1. The van der Waals surface area contributed by atoms with Gasteiger partial charge in [0.05, 0.1) is 11.4 Å². The molecule has 54 valence electrons. The molecule has 0 saturated heterocycles. The van der Waals surface area contributed by atoms with Crippen LogP contribution in [0.25, 0.3) is 0 Å². The summed E-state index contributed by atoms with van der Waals surface area (Å²) in [5.41, 5.74) is 0. The Morgan fingerprint density at radius 2 is 1.73 bits per heavy atom. The van der Waals surface area contributed by atoms with Crippen LogP contribution in [-0.4, -0.2) is 24.4 Å². The molecule has 0 amide bonds. The van der Waals surface area contributed by atoms with Gasteiger partial charge in [-0.05, 0) is 0 Å². The first-order valence-corrected chi connectivity index (χ1v) is 2.67. The molecule has 0 rings (SSSR count). The topological polar surface area (TPSA) is 97.7 Å². The maximum Gasteiger partial charge on any atom is 1.00 e. The van der Waals surface area contributed by atoms with Crippen LogP contribution in [0.4, 0.5) is 0 Å². The van der Waals surface area contributed by atoms with Crippen LogP contribution >= 0.6 is 0 Å². The Morgan fingerprint density at radius 3 is 1.73 bits per heavy atom. The molecule has 0 aromatic rings. The molecule has 0 fully saturated rings. The van der Waals surface area contributed by atoms with E-state index in [1.54, 1.807) is 0 Å². The molecule has 0 spiro atoms. The first-order chi connectivity index (χ1) is 4.00. The van der Waals surface area contributed by atoms with Gasteiger partial charge in [-0.3, -0.25) is 0 Å². The minimum absolute atomic E-state index is 0. The van der Waals surface area contributed by atoms with Crippen molar-refractivity contribution in [1.82, 2.24) is 0 Å². The molecule has 0 aliphatic carbocycles. The number of rotatable bonds is 1. The van der Waals surface area contributed by atoms with Crippen molar-refractivity contribution in [3.05, 3.63) is 12.7 Å². The Bertz CT molecular complexity index is 125. The summed E-state index contributed by atoms with van der Waals surface area (Å²) in [6.45, 7) is 2.96. The average molecular weight is 215 g/mol. The zero-order chi connectivity index (χ0) is 7.86. The molecule has 0 bridgehead atoms. The Hall–Kier alpha value is 1.92. The minimum Gasteiger partial charge on any atom is -0.750 e. The van der Waals surface area contributed by atoms with E-state index in [9.17, 15) is 4.79 Å². The summed E-state index contributed by atoms with van der Waals surface area (Å²) >= 11 is -2.86. The summed E-state index contributed by atoms with van der Waals surface area (Å²) < 4.78 is 24.1. The molecule has 1 unspecified atom stereocenters. The van der Waals surface area contributed by atoms with Crippen molar-refractivity contribution in [2.75, 3.05) is 0 Å². The molecular weight excluding hydrogens is 210 g/mol. The van der Waals surface area contributed by atoms with Gasteiger partial charge in [-0.2, -0.15) is 0 Å². The monoisotopic (exact) mass is 215 g/mol. The molecule has 11 heavy (non-hydrogen) atoms. The van der Waals surface area contributed by atoms with Crippen LogP contribution in [0.3, 0.4) is 0 Å². The van der Waals surface area contributed by atoms with Gasteiger partial charge in [-0.1, -0.05) is 6.58 Å². The van der Waals surface area contributed by atoms with E-state index in [0.29, 0.717) is 0 Å². The van der Waals surface area contributed by atoms with E-state index in [-0.39, 0.29) is 80.9 Å². The van der Waals surface area contributed by atoms with Crippen LogP contribution in [0.5, 0.6) is 0 Å². The fourth-order valence-electron chi connectivity index (χ4n) is 0. The van der Waals surface area contributed by atoms with Gasteiger partial charge in [0.2, 0.25) is 0 Å². The average Bonchev–Trinajstić information content (AvgIpc) is 1.65. The van der Waals surface area contributed by atoms with Crippen LogP contribution in [-0.2, 0) is 16.2 Å². The Kier molecular flexibility index (Phi) is 37.5. The van der Waals surface area contributed by atoms with Crippen molar-refractivity contribution in [2.45, 2.75) is 0 Å². The summed E-state index contributed by atoms with van der Waals surface area (Å²) in [4.78, 5) is 9.25. The molecule has 8 heteroatoms. The second-order valence-corrected chi connectivity index (χ2v) is 1.19. The quantitative estimate of drug-likeness (QED) is 0.257. The maximum absolute atomic E-state index is 9.25. The summed E-state index contributed by atoms with van der Waals surface area (Å²) in [5.74, 6) is -0.981. The van der Waals surface area contributed by atoms with E-state index in [0.717, 1.165) is 6.08 Å². The van der Waals surface area contributed by atoms with Crippen LogP contribution in [0.2, 0.25) is 0 Å². The third-order valence-electron chi connectivity index (χ3n) is 0.175. The number of carbonyl (C=O) groups is 1. The van der Waals surface area contributed by atoms with E-state index in [1.165, 1.54) is 0 Å². The number of carboxylic acid groups (broad SMARTS) is 1. The third kappa shape index (κ3) is 76.4. The number of hydrogen-bond acceptors (Lipinski definition) is 3. The van der Waals surface area contributed by atoms with E-state index in [4.69, 9.17) is 18.4 Å². The van der Waals surface area contributed by atoms with Crippen molar-refractivity contribution in [2.24, 2.45) is 0 Å². The Morgan fingerprint density at radius 1 is 1.64 bits per heavy atom. The van der Waals surface area contributed by atoms with Crippen molar-refractivity contribution in [3.63, 3.8) is 0 Å². The fraction of sp³-hybridized carbons (Fsp3) is 0. The van der Waals surface area contributed by atoms with Gasteiger partial charge >= 0.3 is 86.9 Å². The largest absolute Gasteiger partial charge is 1.00 e. The smallest absolute Gasteiger partial charge is 0.750 e. The van der Waals surface area contributed by atoms with Crippen LogP contribution in [0.15, 0.2) is 12.7 Å². The van der Waals surface area contributed by atoms with Crippen LogP contribution < -0.4 is 80.9 Å². The number of aliphatic carboxylic acids is 1. The van der Waals surface area contributed by atoms with Crippen LogP contribution in [0, 0.1) is 0 Å². The molecule has 0 aromatic carbocycles. The Labute approximate surface area is 131 Å². The fourth-order valence-corrected chi connectivity index (χ4v) is 0. The SMILES string of the molecule is C=CC(=O)O.O=S([O-])O.[K+].[Na+]. The van der Waals surface area contributed by atoms with Gasteiger partial charge in [0.1, 0.15) is 0 Å². The zero-order valence-corrected chi connectivity index (χ0v) is 12.3. The van der Waals surface area contributed by atoms with Crippen molar-refractivity contribution >= 4 is 17.3 Å². The summed E-state index contributed by atoms with van der Waals surface area (Å²) in [6, 6.07) is 0. The van der Waals surface area contributed by atoms with Gasteiger partial charge in [0, 0.05) is 6.08 Å². The molecular formula is C3H5KNaO5S+. The second kappa shape index (κ2) is 17.9. The first-order valence-electron chi connectivity index (χ1n) is 1.64. The molecule has 5 nitrogen and oxygen atoms in total. The van der Waals surface area contributed by atoms with Gasteiger partial charge in [-0.15, -0.1) is 0 Å². The Balaban J connectivity index is -0.0000000383.